The van der Waals surface area contributed by atoms with Crippen LogP contribution in [0.4, 0.5) is 4.39 Å². The molecule has 0 radical (unpaired) electrons. The summed E-state index contributed by atoms with van der Waals surface area (Å²) in [6, 6.07) is 12.8. The Hall–Kier alpha value is -1.96. The van der Waals surface area contributed by atoms with Gasteiger partial charge in [-0.3, -0.25) is 0 Å². The van der Waals surface area contributed by atoms with Crippen molar-refractivity contribution in [1.29, 1.82) is 0 Å². The molecule has 0 atom stereocenters. The molecule has 2 aromatic carbocycles. The van der Waals surface area contributed by atoms with Gasteiger partial charge in [0.05, 0.1) is 0 Å². The molecule has 2 rings (SSSR count). The van der Waals surface area contributed by atoms with Gasteiger partial charge >= 0.3 is 0 Å². The molecule has 0 bridgehead atoms. The number of hydrogen-bond acceptors (Lipinski definition) is 3. The Morgan fingerprint density at radius 3 is 2.62 bits per heavy atom. The molecule has 5 nitrogen and oxygen atoms in total. The Kier molecular flexibility index (Phi) is 4.89. The summed E-state index contributed by atoms with van der Waals surface area (Å²) < 4.78 is 46.0. The number of halogens is 1. The number of nitrogens with one attached hydrogen (secondary N) is 2. The molecule has 21 heavy (non-hydrogen) atoms. The number of para-hydroxylation sites is 1. The number of ether oxygens (including phenoxy) is 1. The maximum absolute atomic E-state index is 13.5. The molecule has 0 aliphatic heterocycles. The van der Waals surface area contributed by atoms with Crippen molar-refractivity contribution in [3.05, 3.63) is 59.9 Å². The van der Waals surface area contributed by atoms with Crippen molar-refractivity contribution in [2.24, 2.45) is 0 Å². The Morgan fingerprint density at radius 2 is 1.90 bits per heavy atom. The highest BCUT2D eigenvalue weighted by molar-refractivity contribution is 7.87. The summed E-state index contributed by atoms with van der Waals surface area (Å²) in [5.41, 5.74) is 0.697. The maximum atomic E-state index is 13.5. The van der Waals surface area contributed by atoms with E-state index in [4.69, 9.17) is 4.74 Å². The van der Waals surface area contributed by atoms with Gasteiger partial charge in [0.1, 0.15) is 5.75 Å². The summed E-state index contributed by atoms with van der Waals surface area (Å²) in [6.45, 7) is 0.109. The summed E-state index contributed by atoms with van der Waals surface area (Å²) in [4.78, 5) is 0. The van der Waals surface area contributed by atoms with Crippen LogP contribution in [0.25, 0.3) is 0 Å². The van der Waals surface area contributed by atoms with Crippen molar-refractivity contribution in [3.8, 4) is 11.5 Å². The van der Waals surface area contributed by atoms with Crippen LogP contribution in [0.2, 0.25) is 0 Å². The average Bonchev–Trinajstić information content (AvgIpc) is 2.48. The van der Waals surface area contributed by atoms with E-state index in [1.54, 1.807) is 36.4 Å². The van der Waals surface area contributed by atoms with E-state index in [0.29, 0.717) is 11.3 Å². The first kappa shape index (κ1) is 15.4. The second-order valence-electron chi connectivity index (χ2n) is 4.21. The first-order valence-electron chi connectivity index (χ1n) is 6.19. The van der Waals surface area contributed by atoms with Gasteiger partial charge in [0.15, 0.2) is 11.6 Å². The second kappa shape index (κ2) is 6.66. The van der Waals surface area contributed by atoms with Crippen molar-refractivity contribution in [2.45, 2.75) is 6.54 Å². The van der Waals surface area contributed by atoms with E-state index in [1.165, 1.54) is 19.2 Å². The highest BCUT2D eigenvalue weighted by Gasteiger charge is 2.07. The lowest BCUT2D eigenvalue weighted by Gasteiger charge is -2.09. The van der Waals surface area contributed by atoms with Crippen LogP contribution in [0.1, 0.15) is 5.56 Å². The minimum atomic E-state index is -3.50. The molecule has 0 aliphatic rings. The van der Waals surface area contributed by atoms with Crippen molar-refractivity contribution >= 4 is 10.2 Å². The highest BCUT2D eigenvalue weighted by atomic mass is 32.2. The molecule has 0 aliphatic carbocycles. The molecule has 0 spiro atoms. The van der Waals surface area contributed by atoms with Crippen LogP contribution in [0.3, 0.4) is 0 Å². The van der Waals surface area contributed by atoms with Crippen LogP contribution < -0.4 is 14.2 Å². The van der Waals surface area contributed by atoms with Gasteiger partial charge in [-0.05, 0) is 29.8 Å². The SMILES string of the molecule is CNS(=O)(=O)NCc1cccc(Oc2ccccc2F)c1. The third-order valence-corrected chi connectivity index (χ3v) is 3.76. The standard InChI is InChI=1S/C14H15FN2O3S/c1-16-21(18,19)17-10-11-5-4-6-12(9-11)20-14-8-3-2-7-13(14)15/h2-9,16-17H,10H2,1H3. The van der Waals surface area contributed by atoms with Gasteiger partial charge < -0.3 is 4.74 Å². The van der Waals surface area contributed by atoms with Gasteiger partial charge in [0.2, 0.25) is 0 Å². The van der Waals surface area contributed by atoms with Crippen LogP contribution in [-0.2, 0) is 16.8 Å². The van der Waals surface area contributed by atoms with Crippen LogP contribution in [0.5, 0.6) is 11.5 Å². The fraction of sp³-hybridized carbons (Fsp3) is 0.143. The fourth-order valence-electron chi connectivity index (χ4n) is 1.62. The molecule has 7 heteroatoms. The van der Waals surface area contributed by atoms with Crippen molar-refractivity contribution in [3.63, 3.8) is 0 Å². The number of benzene rings is 2. The van der Waals surface area contributed by atoms with E-state index < -0.39 is 16.0 Å². The summed E-state index contributed by atoms with van der Waals surface area (Å²) in [6.07, 6.45) is 0. The Labute approximate surface area is 122 Å². The Bertz CT molecular complexity index is 720. The summed E-state index contributed by atoms with van der Waals surface area (Å²) in [5.74, 6) is 0.0884. The van der Waals surface area contributed by atoms with E-state index in [-0.39, 0.29) is 12.3 Å². The molecular weight excluding hydrogens is 295 g/mol. The fourth-order valence-corrected chi connectivity index (χ4v) is 2.12. The van der Waals surface area contributed by atoms with Crippen LogP contribution in [0, 0.1) is 5.82 Å². The third-order valence-electron chi connectivity index (χ3n) is 2.70. The minimum Gasteiger partial charge on any atom is -0.454 e. The molecular formula is C14H15FN2O3S. The third kappa shape index (κ3) is 4.52. The lowest BCUT2D eigenvalue weighted by Crippen LogP contribution is -2.33. The van der Waals surface area contributed by atoms with Gasteiger partial charge in [-0.15, -0.1) is 0 Å². The normalized spacial score (nSPS) is 11.3. The predicted molar refractivity (Wildman–Crippen MR) is 77.7 cm³/mol. The molecule has 0 fully saturated rings. The van der Waals surface area contributed by atoms with Crippen molar-refractivity contribution in [1.82, 2.24) is 9.44 Å². The van der Waals surface area contributed by atoms with Gasteiger partial charge in [-0.1, -0.05) is 24.3 Å². The van der Waals surface area contributed by atoms with Crippen LogP contribution >= 0.6 is 0 Å². The van der Waals surface area contributed by atoms with E-state index in [0.717, 1.165) is 0 Å². The lowest BCUT2D eigenvalue weighted by atomic mass is 10.2. The van der Waals surface area contributed by atoms with E-state index in [9.17, 15) is 12.8 Å². The largest absolute Gasteiger partial charge is 0.454 e. The molecule has 2 aromatic rings. The number of hydrogen-bond donors (Lipinski definition) is 2. The minimum absolute atomic E-state index is 0.109. The maximum Gasteiger partial charge on any atom is 0.276 e. The molecule has 0 heterocycles. The predicted octanol–water partition coefficient (Wildman–Crippen LogP) is 2.17. The monoisotopic (exact) mass is 310 g/mol. The zero-order valence-electron chi connectivity index (χ0n) is 11.3. The lowest BCUT2D eigenvalue weighted by molar-refractivity contribution is 0.441. The van der Waals surface area contributed by atoms with Crippen LogP contribution in [0.15, 0.2) is 48.5 Å². The Morgan fingerprint density at radius 1 is 1.14 bits per heavy atom. The van der Waals surface area contributed by atoms with Crippen LogP contribution in [-0.4, -0.2) is 15.5 Å². The summed E-state index contributed by atoms with van der Waals surface area (Å²) in [7, 11) is -2.18. The van der Waals surface area contributed by atoms with Gasteiger partial charge in [0, 0.05) is 13.6 Å². The second-order valence-corrected chi connectivity index (χ2v) is 5.91. The van der Waals surface area contributed by atoms with E-state index in [1.807, 2.05) is 0 Å². The average molecular weight is 310 g/mol. The smallest absolute Gasteiger partial charge is 0.276 e. The topological polar surface area (TPSA) is 67.4 Å². The summed E-state index contributed by atoms with van der Waals surface area (Å²) in [5, 5.41) is 0. The molecule has 0 amide bonds. The molecule has 2 N–H and O–H groups in total. The van der Waals surface area contributed by atoms with Gasteiger partial charge in [0.25, 0.3) is 10.2 Å². The van der Waals surface area contributed by atoms with Crippen molar-refractivity contribution in [2.75, 3.05) is 7.05 Å². The molecule has 0 aromatic heterocycles. The van der Waals surface area contributed by atoms with Gasteiger partial charge in [-0.25, -0.2) is 9.11 Å². The van der Waals surface area contributed by atoms with Crippen molar-refractivity contribution < 1.29 is 17.5 Å². The number of rotatable bonds is 6. The zero-order chi connectivity index (χ0) is 15.3. The first-order valence-corrected chi connectivity index (χ1v) is 7.68. The summed E-state index contributed by atoms with van der Waals surface area (Å²) >= 11 is 0. The molecule has 0 saturated heterocycles. The molecule has 0 saturated carbocycles. The zero-order valence-corrected chi connectivity index (χ0v) is 12.2. The highest BCUT2D eigenvalue weighted by Crippen LogP contribution is 2.24. The van der Waals surface area contributed by atoms with Gasteiger partial charge in [-0.2, -0.15) is 13.1 Å². The quantitative estimate of drug-likeness (QED) is 0.859. The molecule has 112 valence electrons. The Balaban J connectivity index is 2.10. The van der Waals surface area contributed by atoms with E-state index in [2.05, 4.69) is 9.44 Å². The molecule has 0 unspecified atom stereocenters. The van der Waals surface area contributed by atoms with E-state index >= 15 is 0 Å². The first-order chi connectivity index (χ1) is 10.00.